The zero-order valence-corrected chi connectivity index (χ0v) is 13.9. The number of amides is 2. The maximum absolute atomic E-state index is 12.2. The van der Waals surface area contributed by atoms with Gasteiger partial charge in [-0.2, -0.15) is 0 Å². The first-order valence-corrected chi connectivity index (χ1v) is 8.20. The van der Waals surface area contributed by atoms with Gasteiger partial charge >= 0.3 is 6.09 Å². The quantitative estimate of drug-likeness (QED) is 0.752. The second-order valence-electron chi connectivity index (χ2n) is 6.89. The standard InChI is InChI=1S/C15H25ClN2O3/c1-15(2,3)21-14(20)17-8-4-5-12(10-17)18(11-6-7-11)13(19)9-16/h11-12H,4-10H2,1-3H3/t12-/m1/s1. The van der Waals surface area contributed by atoms with E-state index in [1.54, 1.807) is 4.90 Å². The highest BCUT2D eigenvalue weighted by molar-refractivity contribution is 6.27. The molecule has 0 aromatic heterocycles. The molecule has 0 spiro atoms. The van der Waals surface area contributed by atoms with E-state index >= 15 is 0 Å². The van der Waals surface area contributed by atoms with Crippen LogP contribution in [0.1, 0.15) is 46.5 Å². The van der Waals surface area contributed by atoms with Gasteiger partial charge in [0, 0.05) is 25.2 Å². The van der Waals surface area contributed by atoms with Crippen LogP contribution in [-0.4, -0.2) is 58.5 Å². The number of alkyl halides is 1. The van der Waals surface area contributed by atoms with Gasteiger partial charge in [0.2, 0.25) is 5.91 Å². The van der Waals surface area contributed by atoms with Crippen LogP contribution in [0.25, 0.3) is 0 Å². The van der Waals surface area contributed by atoms with Crippen molar-refractivity contribution in [1.82, 2.24) is 9.80 Å². The van der Waals surface area contributed by atoms with Crippen molar-refractivity contribution in [3.05, 3.63) is 0 Å². The fraction of sp³-hybridized carbons (Fsp3) is 0.867. The SMILES string of the molecule is CC(C)(C)OC(=O)N1CCC[C@@H](N(C(=O)CCl)C2CC2)C1. The van der Waals surface area contributed by atoms with E-state index in [-0.39, 0.29) is 23.9 Å². The number of nitrogens with zero attached hydrogens (tertiary/aromatic N) is 2. The number of rotatable bonds is 3. The van der Waals surface area contributed by atoms with E-state index in [0.717, 1.165) is 25.7 Å². The van der Waals surface area contributed by atoms with Gasteiger partial charge in [-0.1, -0.05) is 0 Å². The molecular formula is C15H25ClN2O3. The van der Waals surface area contributed by atoms with Gasteiger partial charge in [-0.25, -0.2) is 4.79 Å². The van der Waals surface area contributed by atoms with Crippen molar-refractivity contribution in [2.75, 3.05) is 19.0 Å². The summed E-state index contributed by atoms with van der Waals surface area (Å²) in [4.78, 5) is 27.9. The number of likely N-dealkylation sites (tertiary alicyclic amines) is 1. The molecule has 1 aliphatic carbocycles. The Morgan fingerprint density at radius 3 is 2.43 bits per heavy atom. The maximum atomic E-state index is 12.2. The molecule has 6 heteroatoms. The van der Waals surface area contributed by atoms with Crippen LogP contribution in [0.15, 0.2) is 0 Å². The van der Waals surface area contributed by atoms with Crippen LogP contribution < -0.4 is 0 Å². The van der Waals surface area contributed by atoms with Gasteiger partial charge in [0.25, 0.3) is 0 Å². The molecule has 21 heavy (non-hydrogen) atoms. The van der Waals surface area contributed by atoms with Gasteiger partial charge in [-0.3, -0.25) is 4.79 Å². The zero-order valence-electron chi connectivity index (χ0n) is 13.1. The summed E-state index contributed by atoms with van der Waals surface area (Å²) in [5.74, 6) is -0.00500. The topological polar surface area (TPSA) is 49.9 Å². The smallest absolute Gasteiger partial charge is 0.410 e. The van der Waals surface area contributed by atoms with Gasteiger partial charge in [0.1, 0.15) is 11.5 Å². The van der Waals surface area contributed by atoms with Crippen molar-refractivity contribution in [3.8, 4) is 0 Å². The van der Waals surface area contributed by atoms with Crippen LogP contribution in [0, 0.1) is 0 Å². The molecule has 0 N–H and O–H groups in total. The van der Waals surface area contributed by atoms with E-state index in [1.165, 1.54) is 0 Å². The van der Waals surface area contributed by atoms with E-state index in [9.17, 15) is 9.59 Å². The molecule has 1 saturated carbocycles. The minimum absolute atomic E-state index is 0.0133. The highest BCUT2D eigenvalue weighted by Gasteiger charge is 2.39. The third-order valence-electron chi connectivity index (χ3n) is 3.78. The summed E-state index contributed by atoms with van der Waals surface area (Å²) in [7, 11) is 0. The lowest BCUT2D eigenvalue weighted by molar-refractivity contribution is -0.132. The molecule has 2 aliphatic rings. The Kier molecular flexibility index (Phi) is 5.02. The highest BCUT2D eigenvalue weighted by Crippen LogP contribution is 2.32. The highest BCUT2D eigenvalue weighted by atomic mass is 35.5. The van der Waals surface area contributed by atoms with Crippen LogP contribution in [0.4, 0.5) is 4.79 Å². The van der Waals surface area contributed by atoms with Crippen LogP contribution in [0.3, 0.4) is 0 Å². The number of hydrogen-bond acceptors (Lipinski definition) is 3. The first-order valence-electron chi connectivity index (χ1n) is 7.67. The third kappa shape index (κ3) is 4.50. The largest absolute Gasteiger partial charge is 0.444 e. The zero-order chi connectivity index (χ0) is 15.6. The van der Waals surface area contributed by atoms with Crippen LogP contribution in [-0.2, 0) is 9.53 Å². The van der Waals surface area contributed by atoms with E-state index in [1.807, 2.05) is 25.7 Å². The summed E-state index contributed by atoms with van der Waals surface area (Å²) in [6.07, 6.45) is 3.62. The Morgan fingerprint density at radius 2 is 1.90 bits per heavy atom. The molecule has 2 amide bonds. The monoisotopic (exact) mass is 316 g/mol. The first kappa shape index (κ1) is 16.4. The Labute approximate surface area is 131 Å². The molecule has 2 rings (SSSR count). The summed E-state index contributed by atoms with van der Waals surface area (Å²) in [6.45, 7) is 6.83. The predicted molar refractivity (Wildman–Crippen MR) is 81.4 cm³/mol. The molecule has 1 heterocycles. The number of carbonyl (C=O) groups excluding carboxylic acids is 2. The Bertz CT molecular complexity index is 404. The van der Waals surface area contributed by atoms with Crippen molar-refractivity contribution in [1.29, 1.82) is 0 Å². The Hall–Kier alpha value is -0.970. The average Bonchev–Trinajstić information content (AvgIpc) is 3.22. The summed E-state index contributed by atoms with van der Waals surface area (Å²) in [6, 6.07) is 0.393. The average molecular weight is 317 g/mol. The maximum Gasteiger partial charge on any atom is 0.410 e. The number of piperidine rings is 1. The number of ether oxygens (including phenoxy) is 1. The molecule has 0 aromatic carbocycles. The lowest BCUT2D eigenvalue weighted by Crippen LogP contribution is -2.53. The van der Waals surface area contributed by atoms with Gasteiger partial charge < -0.3 is 14.5 Å². The molecule has 0 radical (unpaired) electrons. The fourth-order valence-corrected chi connectivity index (χ4v) is 2.94. The minimum atomic E-state index is -0.494. The predicted octanol–water partition coefficient (Wildman–Crippen LogP) is 2.62. The second kappa shape index (κ2) is 6.42. The number of halogens is 1. The molecular weight excluding hydrogens is 292 g/mol. The van der Waals surface area contributed by atoms with Gasteiger partial charge in [0.05, 0.1) is 0 Å². The Morgan fingerprint density at radius 1 is 1.24 bits per heavy atom. The molecule has 0 unspecified atom stereocenters. The Balaban J connectivity index is 1.99. The van der Waals surface area contributed by atoms with Crippen LogP contribution in [0.5, 0.6) is 0 Å². The number of hydrogen-bond donors (Lipinski definition) is 0. The van der Waals surface area contributed by atoms with Crippen molar-refractivity contribution >= 4 is 23.6 Å². The van der Waals surface area contributed by atoms with Crippen molar-refractivity contribution in [3.63, 3.8) is 0 Å². The molecule has 1 saturated heterocycles. The first-order chi connectivity index (χ1) is 9.81. The van der Waals surface area contributed by atoms with Crippen LogP contribution >= 0.6 is 11.6 Å². The minimum Gasteiger partial charge on any atom is -0.444 e. The lowest BCUT2D eigenvalue weighted by Gasteiger charge is -2.39. The normalized spacial score (nSPS) is 22.9. The molecule has 0 bridgehead atoms. The second-order valence-corrected chi connectivity index (χ2v) is 7.16. The summed E-state index contributed by atoms with van der Waals surface area (Å²) < 4.78 is 5.43. The van der Waals surface area contributed by atoms with E-state index in [4.69, 9.17) is 16.3 Å². The molecule has 120 valence electrons. The lowest BCUT2D eigenvalue weighted by atomic mass is 10.0. The molecule has 2 fully saturated rings. The summed E-state index contributed by atoms with van der Waals surface area (Å²) >= 11 is 5.73. The third-order valence-corrected chi connectivity index (χ3v) is 4.01. The van der Waals surface area contributed by atoms with Gasteiger partial charge in [0.15, 0.2) is 0 Å². The van der Waals surface area contributed by atoms with E-state index in [0.29, 0.717) is 19.1 Å². The molecule has 0 aromatic rings. The van der Waals surface area contributed by atoms with E-state index in [2.05, 4.69) is 0 Å². The van der Waals surface area contributed by atoms with Crippen molar-refractivity contribution in [2.24, 2.45) is 0 Å². The van der Waals surface area contributed by atoms with E-state index < -0.39 is 5.60 Å². The van der Waals surface area contributed by atoms with Crippen molar-refractivity contribution in [2.45, 2.75) is 64.1 Å². The summed E-state index contributed by atoms with van der Waals surface area (Å²) in [5.41, 5.74) is -0.494. The van der Waals surface area contributed by atoms with Gasteiger partial charge in [-0.05, 0) is 46.5 Å². The fourth-order valence-electron chi connectivity index (χ4n) is 2.80. The van der Waals surface area contributed by atoms with Crippen LogP contribution in [0.2, 0.25) is 0 Å². The molecule has 5 nitrogen and oxygen atoms in total. The van der Waals surface area contributed by atoms with Gasteiger partial charge in [-0.15, -0.1) is 11.6 Å². The van der Waals surface area contributed by atoms with Crippen molar-refractivity contribution < 1.29 is 14.3 Å². The number of carbonyl (C=O) groups is 2. The summed E-state index contributed by atoms with van der Waals surface area (Å²) in [5, 5.41) is 0. The molecule has 1 atom stereocenters. The molecule has 1 aliphatic heterocycles.